The molecule has 0 atom stereocenters. The van der Waals surface area contributed by atoms with Crippen molar-refractivity contribution in [2.45, 2.75) is 19.8 Å². The van der Waals surface area contributed by atoms with Crippen molar-refractivity contribution in [2.75, 3.05) is 25.7 Å². The summed E-state index contributed by atoms with van der Waals surface area (Å²) < 4.78 is 13.4. The first kappa shape index (κ1) is 15.9. The molecular weight excluding hydrogens is 312 g/mol. The van der Waals surface area contributed by atoms with Crippen LogP contribution in [0.15, 0.2) is 36.4 Å². The van der Waals surface area contributed by atoms with E-state index in [4.69, 9.17) is 9.47 Å². The van der Waals surface area contributed by atoms with E-state index in [1.54, 1.807) is 14.2 Å². The molecule has 4 heteroatoms. The van der Waals surface area contributed by atoms with E-state index < -0.39 is 0 Å². The predicted molar refractivity (Wildman–Crippen MR) is 103 cm³/mol. The Hall–Kier alpha value is -2.62. The molecule has 0 saturated heterocycles. The van der Waals surface area contributed by atoms with Gasteiger partial charge in [-0.3, -0.25) is 0 Å². The zero-order chi connectivity index (χ0) is 17.6. The minimum atomic E-state index is 0.781. The molecule has 130 valence electrons. The number of anilines is 2. The van der Waals surface area contributed by atoms with Crippen molar-refractivity contribution < 1.29 is 9.47 Å². The average Bonchev–Trinajstić information content (AvgIpc) is 2.94. The molecule has 0 bridgehead atoms. The molecule has 1 aromatic heterocycles. The van der Waals surface area contributed by atoms with Crippen molar-refractivity contribution >= 4 is 22.4 Å². The molecule has 2 aromatic carbocycles. The number of ether oxygens (including phenoxy) is 2. The van der Waals surface area contributed by atoms with Gasteiger partial charge in [0.25, 0.3) is 0 Å². The van der Waals surface area contributed by atoms with E-state index in [0.29, 0.717) is 0 Å². The van der Waals surface area contributed by atoms with Gasteiger partial charge >= 0.3 is 0 Å². The summed E-state index contributed by atoms with van der Waals surface area (Å²) in [5.41, 5.74) is 4.97. The Bertz CT molecular complexity index is 943. The van der Waals surface area contributed by atoms with Crippen molar-refractivity contribution in [1.29, 1.82) is 0 Å². The summed E-state index contributed by atoms with van der Waals surface area (Å²) in [4.78, 5) is 2.41. The van der Waals surface area contributed by atoms with Gasteiger partial charge in [0.15, 0.2) is 11.5 Å². The van der Waals surface area contributed by atoms with Gasteiger partial charge in [-0.05, 0) is 37.5 Å². The highest BCUT2D eigenvalue weighted by atomic mass is 16.5. The molecule has 1 aliphatic rings. The second-order valence-electron chi connectivity index (χ2n) is 6.63. The van der Waals surface area contributed by atoms with Crippen LogP contribution in [0.5, 0.6) is 11.5 Å². The second kappa shape index (κ2) is 6.03. The smallest absolute Gasteiger partial charge is 0.163 e. The van der Waals surface area contributed by atoms with Gasteiger partial charge < -0.3 is 18.9 Å². The highest BCUT2D eigenvalue weighted by Crippen LogP contribution is 2.43. The summed E-state index contributed by atoms with van der Waals surface area (Å²) >= 11 is 0. The van der Waals surface area contributed by atoms with E-state index >= 15 is 0 Å². The van der Waals surface area contributed by atoms with Gasteiger partial charge in [-0.25, -0.2) is 0 Å². The maximum absolute atomic E-state index is 5.57. The normalized spacial score (nSPS) is 13.8. The average molecular weight is 336 g/mol. The predicted octanol–water partition coefficient (Wildman–Crippen LogP) is 4.59. The van der Waals surface area contributed by atoms with Crippen molar-refractivity contribution in [3.8, 4) is 11.5 Å². The molecule has 2 heterocycles. The maximum atomic E-state index is 5.57. The topological polar surface area (TPSA) is 26.6 Å². The minimum absolute atomic E-state index is 0.781. The summed E-state index contributed by atoms with van der Waals surface area (Å²) in [7, 11) is 5.54. The minimum Gasteiger partial charge on any atom is -0.493 e. The van der Waals surface area contributed by atoms with Gasteiger partial charge in [-0.2, -0.15) is 0 Å². The Balaban J connectivity index is 1.91. The Morgan fingerprint density at radius 1 is 1.04 bits per heavy atom. The fourth-order valence-corrected chi connectivity index (χ4v) is 4.11. The number of nitrogens with zero attached hydrogens (tertiary/aromatic N) is 2. The molecule has 0 saturated carbocycles. The van der Waals surface area contributed by atoms with Crippen LogP contribution < -0.4 is 14.4 Å². The van der Waals surface area contributed by atoms with E-state index in [1.165, 1.54) is 22.3 Å². The van der Waals surface area contributed by atoms with E-state index in [-0.39, 0.29) is 0 Å². The van der Waals surface area contributed by atoms with Crippen LogP contribution in [0.4, 0.5) is 11.5 Å². The number of benzene rings is 2. The summed E-state index contributed by atoms with van der Waals surface area (Å²) in [6.07, 6.45) is 2.27. The summed E-state index contributed by atoms with van der Waals surface area (Å²) in [5.74, 6) is 2.88. The molecule has 0 amide bonds. The third-order valence-electron chi connectivity index (χ3n) is 5.20. The molecule has 25 heavy (non-hydrogen) atoms. The number of para-hydroxylation sites is 1. The van der Waals surface area contributed by atoms with Crippen LogP contribution in [-0.4, -0.2) is 25.3 Å². The van der Waals surface area contributed by atoms with Gasteiger partial charge in [-0.15, -0.1) is 0 Å². The fraction of sp³-hybridized carbons (Fsp3) is 0.333. The van der Waals surface area contributed by atoms with Crippen molar-refractivity contribution in [2.24, 2.45) is 7.05 Å². The molecular formula is C21H24N2O2. The number of aryl methyl sites for hydroxylation is 3. The standard InChI is InChI=1S/C21H24N2O2/c1-14-12-15(13-19(24-3)20(14)25-4)23-11-7-9-17-16-8-5-6-10-18(16)22(2)21(17)23/h5-6,8,10,12-13H,7,9,11H2,1-4H3. The maximum Gasteiger partial charge on any atom is 0.163 e. The molecule has 0 unspecified atom stereocenters. The number of fused-ring (bicyclic) bond motifs is 3. The molecule has 4 nitrogen and oxygen atoms in total. The van der Waals surface area contributed by atoms with Crippen LogP contribution in [0.25, 0.3) is 10.9 Å². The quantitative estimate of drug-likeness (QED) is 0.700. The molecule has 3 aromatic rings. The summed E-state index contributed by atoms with van der Waals surface area (Å²) in [5, 5.41) is 1.36. The van der Waals surface area contributed by atoms with Crippen LogP contribution in [0.2, 0.25) is 0 Å². The van der Waals surface area contributed by atoms with Crippen molar-refractivity contribution in [3.63, 3.8) is 0 Å². The molecule has 0 radical (unpaired) electrons. The first-order chi connectivity index (χ1) is 12.2. The van der Waals surface area contributed by atoms with Crippen LogP contribution in [0.3, 0.4) is 0 Å². The van der Waals surface area contributed by atoms with Gasteiger partial charge in [0, 0.05) is 41.8 Å². The van der Waals surface area contributed by atoms with Crippen molar-refractivity contribution in [3.05, 3.63) is 47.5 Å². The van der Waals surface area contributed by atoms with Crippen LogP contribution in [-0.2, 0) is 13.5 Å². The van der Waals surface area contributed by atoms with Crippen LogP contribution in [0.1, 0.15) is 17.5 Å². The number of aromatic nitrogens is 1. The molecule has 0 aliphatic carbocycles. The summed E-state index contributed by atoms with van der Waals surface area (Å²) in [6, 6.07) is 12.9. The second-order valence-corrected chi connectivity index (χ2v) is 6.63. The lowest BCUT2D eigenvalue weighted by atomic mass is 10.0. The lowest BCUT2D eigenvalue weighted by Crippen LogP contribution is -2.26. The van der Waals surface area contributed by atoms with Gasteiger partial charge in [0.2, 0.25) is 0 Å². The van der Waals surface area contributed by atoms with Gasteiger partial charge in [0.1, 0.15) is 5.82 Å². The summed E-state index contributed by atoms with van der Waals surface area (Å²) in [6.45, 7) is 3.07. The lowest BCUT2D eigenvalue weighted by Gasteiger charge is -2.31. The molecule has 4 rings (SSSR count). The fourth-order valence-electron chi connectivity index (χ4n) is 4.11. The molecule has 1 aliphatic heterocycles. The van der Waals surface area contributed by atoms with Crippen LogP contribution in [0, 0.1) is 6.92 Å². The zero-order valence-electron chi connectivity index (χ0n) is 15.3. The lowest BCUT2D eigenvalue weighted by molar-refractivity contribution is 0.353. The SMILES string of the molecule is COc1cc(N2CCCc3c2n(C)c2ccccc32)cc(C)c1OC. The third-order valence-corrected chi connectivity index (χ3v) is 5.20. The monoisotopic (exact) mass is 336 g/mol. The Kier molecular flexibility index (Phi) is 3.83. The number of hydrogen-bond acceptors (Lipinski definition) is 3. The van der Waals surface area contributed by atoms with Crippen LogP contribution >= 0.6 is 0 Å². The number of methoxy groups -OCH3 is 2. The molecule has 0 fully saturated rings. The molecule has 0 N–H and O–H groups in total. The largest absolute Gasteiger partial charge is 0.493 e. The first-order valence-corrected chi connectivity index (χ1v) is 8.72. The van der Waals surface area contributed by atoms with Crippen molar-refractivity contribution in [1.82, 2.24) is 4.57 Å². The number of hydrogen-bond donors (Lipinski definition) is 0. The van der Waals surface area contributed by atoms with E-state index in [1.807, 2.05) is 0 Å². The Morgan fingerprint density at radius 2 is 1.84 bits per heavy atom. The van der Waals surface area contributed by atoms with Gasteiger partial charge in [0.05, 0.1) is 14.2 Å². The van der Waals surface area contributed by atoms with Gasteiger partial charge in [-0.1, -0.05) is 18.2 Å². The Labute approximate surface area is 148 Å². The highest BCUT2D eigenvalue weighted by Gasteiger charge is 2.26. The van der Waals surface area contributed by atoms with E-state index in [0.717, 1.165) is 42.1 Å². The molecule has 0 spiro atoms. The Morgan fingerprint density at radius 3 is 2.60 bits per heavy atom. The third kappa shape index (κ3) is 2.36. The van der Waals surface area contributed by atoms with E-state index in [2.05, 4.69) is 59.8 Å². The highest BCUT2D eigenvalue weighted by molar-refractivity contribution is 5.92. The number of rotatable bonds is 3. The van der Waals surface area contributed by atoms with E-state index in [9.17, 15) is 0 Å². The first-order valence-electron chi connectivity index (χ1n) is 8.72. The zero-order valence-corrected chi connectivity index (χ0v) is 15.3.